The molecule has 25 heavy (non-hydrogen) atoms. The van der Waals surface area contributed by atoms with Crippen LogP contribution in [0.5, 0.6) is 5.75 Å². The Morgan fingerprint density at radius 3 is 2.28 bits per heavy atom. The topological polar surface area (TPSA) is 67.4 Å². The van der Waals surface area contributed by atoms with E-state index in [1.54, 1.807) is 19.2 Å². The van der Waals surface area contributed by atoms with Crippen LogP contribution < -0.4 is 15.4 Å². The summed E-state index contributed by atoms with van der Waals surface area (Å²) in [6.45, 7) is 3.93. The number of thioether (sulfide) groups is 1. The van der Waals surface area contributed by atoms with Gasteiger partial charge in [-0.05, 0) is 43.2 Å². The molecule has 0 aliphatic carbocycles. The summed E-state index contributed by atoms with van der Waals surface area (Å²) in [7, 11) is 1.55. The van der Waals surface area contributed by atoms with E-state index in [-0.39, 0.29) is 23.3 Å². The second-order valence-corrected chi connectivity index (χ2v) is 6.59. The van der Waals surface area contributed by atoms with E-state index in [4.69, 9.17) is 4.74 Å². The summed E-state index contributed by atoms with van der Waals surface area (Å²) >= 11 is 1.27. The molecule has 0 aromatic heterocycles. The molecule has 0 fully saturated rings. The van der Waals surface area contributed by atoms with Crippen molar-refractivity contribution in [2.24, 2.45) is 0 Å². The lowest BCUT2D eigenvalue weighted by atomic mass is 10.1. The number of carbonyl (C=O) groups excluding carboxylic acids is 2. The predicted octanol–water partition coefficient (Wildman–Crippen LogP) is 3.62. The van der Waals surface area contributed by atoms with Crippen LogP contribution in [-0.4, -0.2) is 30.4 Å². The lowest BCUT2D eigenvalue weighted by Gasteiger charge is -2.10. The van der Waals surface area contributed by atoms with E-state index in [9.17, 15) is 9.59 Å². The highest BCUT2D eigenvalue weighted by atomic mass is 32.2. The number of ether oxygens (including phenoxy) is 1. The van der Waals surface area contributed by atoms with Crippen LogP contribution in [0.2, 0.25) is 0 Å². The predicted molar refractivity (Wildman–Crippen MR) is 103 cm³/mol. The second kappa shape index (κ2) is 9.13. The quantitative estimate of drug-likeness (QED) is 0.793. The summed E-state index contributed by atoms with van der Waals surface area (Å²) in [5.74, 6) is 0.719. The van der Waals surface area contributed by atoms with Crippen LogP contribution in [0.15, 0.2) is 42.5 Å². The molecule has 0 unspecified atom stereocenters. The first-order valence-corrected chi connectivity index (χ1v) is 9.03. The average Bonchev–Trinajstić information content (AvgIpc) is 2.58. The SMILES string of the molecule is COc1ccccc1NC(=O)CSCC(=O)Nc1cc(C)ccc1C. The number of hydrogen-bond acceptors (Lipinski definition) is 4. The Kier molecular flexibility index (Phi) is 6.89. The second-order valence-electron chi connectivity index (χ2n) is 5.61. The molecule has 6 heteroatoms. The van der Waals surface area contributed by atoms with E-state index in [0.717, 1.165) is 16.8 Å². The molecule has 2 aromatic rings. The summed E-state index contributed by atoms with van der Waals surface area (Å²) in [5.41, 5.74) is 3.53. The first-order chi connectivity index (χ1) is 12.0. The molecule has 0 radical (unpaired) electrons. The molecule has 2 amide bonds. The Morgan fingerprint density at radius 1 is 0.960 bits per heavy atom. The van der Waals surface area contributed by atoms with E-state index in [2.05, 4.69) is 10.6 Å². The summed E-state index contributed by atoms with van der Waals surface area (Å²) in [4.78, 5) is 24.0. The Hall–Kier alpha value is -2.47. The third-order valence-electron chi connectivity index (χ3n) is 3.51. The van der Waals surface area contributed by atoms with Crippen molar-refractivity contribution in [2.45, 2.75) is 13.8 Å². The van der Waals surface area contributed by atoms with Gasteiger partial charge in [0.1, 0.15) is 5.75 Å². The number of methoxy groups -OCH3 is 1. The lowest BCUT2D eigenvalue weighted by Crippen LogP contribution is -2.19. The monoisotopic (exact) mass is 358 g/mol. The highest BCUT2D eigenvalue weighted by Gasteiger charge is 2.09. The Bertz CT molecular complexity index is 762. The Labute approximate surface area is 152 Å². The molecule has 0 saturated heterocycles. The number of amides is 2. The number of benzene rings is 2. The highest BCUT2D eigenvalue weighted by Crippen LogP contribution is 2.23. The van der Waals surface area contributed by atoms with Crippen LogP contribution >= 0.6 is 11.8 Å². The van der Waals surface area contributed by atoms with E-state index in [1.165, 1.54) is 11.8 Å². The lowest BCUT2D eigenvalue weighted by molar-refractivity contribution is -0.114. The largest absolute Gasteiger partial charge is 0.495 e. The maximum atomic E-state index is 12.0. The molecule has 2 N–H and O–H groups in total. The molecule has 0 aliphatic heterocycles. The van der Waals surface area contributed by atoms with Gasteiger partial charge in [0.25, 0.3) is 0 Å². The molecule has 132 valence electrons. The fourth-order valence-electron chi connectivity index (χ4n) is 2.23. The minimum Gasteiger partial charge on any atom is -0.495 e. The van der Waals surface area contributed by atoms with Crippen molar-refractivity contribution >= 4 is 35.0 Å². The number of rotatable bonds is 7. The third-order valence-corrected chi connectivity index (χ3v) is 4.45. The van der Waals surface area contributed by atoms with Gasteiger partial charge in [0.05, 0.1) is 24.3 Å². The van der Waals surface area contributed by atoms with Gasteiger partial charge in [-0.15, -0.1) is 11.8 Å². The number of nitrogens with one attached hydrogen (secondary N) is 2. The smallest absolute Gasteiger partial charge is 0.234 e. The van der Waals surface area contributed by atoms with Crippen molar-refractivity contribution in [1.29, 1.82) is 0 Å². The zero-order valence-electron chi connectivity index (χ0n) is 14.6. The summed E-state index contributed by atoms with van der Waals surface area (Å²) in [6.07, 6.45) is 0. The minimum absolute atomic E-state index is 0.121. The summed E-state index contributed by atoms with van der Waals surface area (Å²) < 4.78 is 5.19. The molecule has 0 atom stereocenters. The molecular formula is C19H22N2O3S. The van der Waals surface area contributed by atoms with Crippen molar-refractivity contribution in [2.75, 3.05) is 29.2 Å². The van der Waals surface area contributed by atoms with E-state index < -0.39 is 0 Å². The van der Waals surface area contributed by atoms with Gasteiger partial charge in [0.2, 0.25) is 11.8 Å². The van der Waals surface area contributed by atoms with Crippen LogP contribution in [0.25, 0.3) is 0 Å². The van der Waals surface area contributed by atoms with Crippen LogP contribution in [0.4, 0.5) is 11.4 Å². The average molecular weight is 358 g/mol. The number of anilines is 2. The normalized spacial score (nSPS) is 10.2. The van der Waals surface area contributed by atoms with Gasteiger partial charge < -0.3 is 15.4 Å². The molecule has 2 aromatic carbocycles. The number of aryl methyl sites for hydroxylation is 2. The molecule has 5 nitrogen and oxygen atoms in total. The molecule has 0 spiro atoms. The molecule has 0 saturated carbocycles. The minimum atomic E-state index is -0.172. The fourth-order valence-corrected chi connectivity index (χ4v) is 2.84. The number of carbonyl (C=O) groups is 2. The van der Waals surface area contributed by atoms with Crippen molar-refractivity contribution in [1.82, 2.24) is 0 Å². The van der Waals surface area contributed by atoms with Gasteiger partial charge in [0.15, 0.2) is 0 Å². The first kappa shape index (κ1) is 18.9. The van der Waals surface area contributed by atoms with E-state index >= 15 is 0 Å². The zero-order valence-corrected chi connectivity index (χ0v) is 15.4. The van der Waals surface area contributed by atoms with Crippen LogP contribution in [0, 0.1) is 13.8 Å². The van der Waals surface area contributed by atoms with Crippen LogP contribution in [-0.2, 0) is 9.59 Å². The third kappa shape index (κ3) is 5.83. The number of hydrogen-bond donors (Lipinski definition) is 2. The van der Waals surface area contributed by atoms with E-state index in [1.807, 2.05) is 44.2 Å². The van der Waals surface area contributed by atoms with Gasteiger partial charge in [-0.25, -0.2) is 0 Å². The highest BCUT2D eigenvalue weighted by molar-refractivity contribution is 8.00. The summed E-state index contributed by atoms with van der Waals surface area (Å²) in [5, 5.41) is 5.67. The maximum absolute atomic E-state index is 12.0. The molecule has 2 rings (SSSR count). The molecular weight excluding hydrogens is 336 g/mol. The van der Waals surface area contributed by atoms with Gasteiger partial charge >= 0.3 is 0 Å². The van der Waals surface area contributed by atoms with Crippen LogP contribution in [0.1, 0.15) is 11.1 Å². The number of para-hydroxylation sites is 2. The standard InChI is InChI=1S/C19H22N2O3S/c1-13-8-9-14(2)16(10-13)21-19(23)12-25-11-18(22)20-15-6-4-5-7-17(15)24-3/h4-10H,11-12H2,1-3H3,(H,20,22)(H,21,23). The van der Waals surface area contributed by atoms with Crippen molar-refractivity contribution in [3.63, 3.8) is 0 Å². The fraction of sp³-hybridized carbons (Fsp3) is 0.263. The molecule has 0 heterocycles. The Morgan fingerprint density at radius 2 is 1.60 bits per heavy atom. The van der Waals surface area contributed by atoms with Gasteiger partial charge in [0, 0.05) is 5.69 Å². The van der Waals surface area contributed by atoms with Gasteiger partial charge in [-0.2, -0.15) is 0 Å². The zero-order chi connectivity index (χ0) is 18.2. The van der Waals surface area contributed by atoms with Crippen molar-refractivity contribution in [3.8, 4) is 5.75 Å². The molecule has 0 aliphatic rings. The van der Waals surface area contributed by atoms with Gasteiger partial charge in [-0.3, -0.25) is 9.59 Å². The summed E-state index contributed by atoms with van der Waals surface area (Å²) in [6, 6.07) is 13.1. The van der Waals surface area contributed by atoms with Gasteiger partial charge in [-0.1, -0.05) is 24.3 Å². The molecule has 0 bridgehead atoms. The Balaban J connectivity index is 1.79. The van der Waals surface area contributed by atoms with E-state index in [0.29, 0.717) is 11.4 Å². The van der Waals surface area contributed by atoms with Crippen molar-refractivity contribution < 1.29 is 14.3 Å². The van der Waals surface area contributed by atoms with Crippen LogP contribution in [0.3, 0.4) is 0 Å². The maximum Gasteiger partial charge on any atom is 0.234 e. The van der Waals surface area contributed by atoms with Crippen molar-refractivity contribution in [3.05, 3.63) is 53.6 Å². The first-order valence-electron chi connectivity index (χ1n) is 7.87.